The third-order valence-corrected chi connectivity index (χ3v) is 4.44. The summed E-state index contributed by atoms with van der Waals surface area (Å²) in [5.74, 6) is -0.834. The number of esters is 1. The van der Waals surface area contributed by atoms with Gasteiger partial charge in [0.05, 0.1) is 11.6 Å². The Morgan fingerprint density at radius 2 is 1.88 bits per heavy atom. The highest BCUT2D eigenvalue weighted by molar-refractivity contribution is 5.92. The van der Waals surface area contributed by atoms with E-state index in [0.29, 0.717) is 5.56 Å². The van der Waals surface area contributed by atoms with Crippen LogP contribution in [-0.2, 0) is 16.0 Å². The molecule has 2 aromatic carbocycles. The van der Waals surface area contributed by atoms with Crippen LogP contribution in [0, 0.1) is 0 Å². The minimum absolute atomic E-state index is 0.0488. The van der Waals surface area contributed by atoms with Gasteiger partial charge in [-0.2, -0.15) is 0 Å². The predicted octanol–water partition coefficient (Wildman–Crippen LogP) is 3.13. The number of ether oxygens (including phenoxy) is 1. The number of rotatable bonds is 4. The molecule has 0 fully saturated rings. The van der Waals surface area contributed by atoms with E-state index in [4.69, 9.17) is 4.74 Å². The van der Waals surface area contributed by atoms with E-state index in [2.05, 4.69) is 11.4 Å². The molecular formula is C20H21NO4. The van der Waals surface area contributed by atoms with Crippen molar-refractivity contribution in [1.82, 2.24) is 5.32 Å². The van der Waals surface area contributed by atoms with Crippen molar-refractivity contribution in [3.63, 3.8) is 0 Å². The minimum Gasteiger partial charge on any atom is -0.508 e. The quantitative estimate of drug-likeness (QED) is 0.839. The van der Waals surface area contributed by atoms with Crippen molar-refractivity contribution in [3.8, 4) is 5.75 Å². The van der Waals surface area contributed by atoms with Crippen LogP contribution >= 0.6 is 0 Å². The van der Waals surface area contributed by atoms with E-state index in [1.807, 2.05) is 18.2 Å². The Morgan fingerprint density at radius 3 is 2.64 bits per heavy atom. The number of phenolic OH excluding ortho intramolecular Hbond substituents is 1. The molecule has 1 amide bonds. The number of carbonyl (C=O) groups is 2. The van der Waals surface area contributed by atoms with Crippen LogP contribution in [0.5, 0.6) is 5.75 Å². The number of phenols is 1. The number of hydrogen-bond acceptors (Lipinski definition) is 4. The van der Waals surface area contributed by atoms with E-state index in [-0.39, 0.29) is 17.7 Å². The van der Waals surface area contributed by atoms with Gasteiger partial charge in [-0.3, -0.25) is 4.79 Å². The first-order chi connectivity index (χ1) is 12.0. The zero-order valence-electron chi connectivity index (χ0n) is 14.1. The molecule has 0 aromatic heterocycles. The van der Waals surface area contributed by atoms with Crippen molar-refractivity contribution in [2.24, 2.45) is 0 Å². The average Bonchev–Trinajstić information content (AvgIpc) is 2.62. The van der Waals surface area contributed by atoms with Crippen LogP contribution in [0.3, 0.4) is 0 Å². The fraction of sp³-hybridized carbons (Fsp3) is 0.300. The Bertz CT molecular complexity index is 770. The van der Waals surface area contributed by atoms with Crippen LogP contribution in [0.4, 0.5) is 0 Å². The van der Waals surface area contributed by atoms with Gasteiger partial charge in [-0.15, -0.1) is 0 Å². The second-order valence-corrected chi connectivity index (χ2v) is 6.25. The van der Waals surface area contributed by atoms with Gasteiger partial charge in [0.2, 0.25) is 0 Å². The average molecular weight is 339 g/mol. The summed E-state index contributed by atoms with van der Waals surface area (Å²) in [7, 11) is 0. The van der Waals surface area contributed by atoms with Crippen LogP contribution in [0.2, 0.25) is 0 Å². The van der Waals surface area contributed by atoms with Crippen LogP contribution in [0.25, 0.3) is 0 Å². The van der Waals surface area contributed by atoms with Gasteiger partial charge >= 0.3 is 5.97 Å². The number of hydrogen-bond donors (Lipinski definition) is 2. The molecule has 0 bridgehead atoms. The molecular weight excluding hydrogens is 318 g/mol. The molecule has 0 unspecified atom stereocenters. The van der Waals surface area contributed by atoms with Crippen LogP contribution in [-0.4, -0.2) is 23.1 Å². The molecule has 0 heterocycles. The zero-order valence-corrected chi connectivity index (χ0v) is 14.1. The molecule has 0 spiro atoms. The molecule has 1 aliphatic rings. The summed E-state index contributed by atoms with van der Waals surface area (Å²) >= 11 is 0. The van der Waals surface area contributed by atoms with E-state index in [9.17, 15) is 14.7 Å². The number of carbonyl (C=O) groups excluding carboxylic acids is 2. The number of amides is 1. The number of fused-ring (bicyclic) bond motifs is 1. The van der Waals surface area contributed by atoms with E-state index >= 15 is 0 Å². The minimum atomic E-state index is -0.893. The van der Waals surface area contributed by atoms with Gasteiger partial charge in [0.15, 0.2) is 6.10 Å². The van der Waals surface area contributed by atoms with E-state index in [0.717, 1.165) is 24.8 Å². The predicted molar refractivity (Wildman–Crippen MR) is 93.2 cm³/mol. The highest BCUT2D eigenvalue weighted by Crippen LogP contribution is 2.29. The molecule has 1 aliphatic carbocycles. The van der Waals surface area contributed by atoms with Crippen molar-refractivity contribution < 1.29 is 19.4 Å². The Hall–Kier alpha value is -2.82. The monoisotopic (exact) mass is 339 g/mol. The Balaban J connectivity index is 1.62. The molecule has 5 nitrogen and oxygen atoms in total. The van der Waals surface area contributed by atoms with Gasteiger partial charge in [-0.25, -0.2) is 4.79 Å². The summed E-state index contributed by atoms with van der Waals surface area (Å²) in [6.45, 7) is 1.56. The van der Waals surface area contributed by atoms with Gasteiger partial charge in [0.1, 0.15) is 5.75 Å². The van der Waals surface area contributed by atoms with Gasteiger partial charge in [0, 0.05) is 0 Å². The Kier molecular flexibility index (Phi) is 5.03. The largest absolute Gasteiger partial charge is 0.508 e. The van der Waals surface area contributed by atoms with Crippen LogP contribution in [0.1, 0.15) is 47.3 Å². The lowest BCUT2D eigenvalue weighted by Gasteiger charge is -2.27. The third kappa shape index (κ3) is 3.99. The first kappa shape index (κ1) is 17.0. The molecule has 0 saturated heterocycles. The molecule has 2 aromatic rings. The standard InChI is InChI=1S/C20H21NO4/c1-13(25-20(24)15-9-11-16(22)12-10-15)19(23)21-18-8-4-6-14-5-2-3-7-17(14)18/h2-3,5,7,9-13,18,22H,4,6,8H2,1H3,(H,21,23)/t13-,18+/m1/s1. The SMILES string of the molecule is C[C@@H](OC(=O)c1ccc(O)cc1)C(=O)N[C@H]1CCCc2ccccc21. The lowest BCUT2D eigenvalue weighted by molar-refractivity contribution is -0.130. The lowest BCUT2D eigenvalue weighted by Crippen LogP contribution is -2.39. The first-order valence-electron chi connectivity index (χ1n) is 8.43. The number of benzene rings is 2. The van der Waals surface area contributed by atoms with Crippen molar-refractivity contribution in [3.05, 3.63) is 65.2 Å². The van der Waals surface area contributed by atoms with Crippen LogP contribution in [0.15, 0.2) is 48.5 Å². The molecule has 0 saturated carbocycles. The summed E-state index contributed by atoms with van der Waals surface area (Å²) in [4.78, 5) is 24.5. The molecule has 130 valence electrons. The summed E-state index contributed by atoms with van der Waals surface area (Å²) in [5, 5.41) is 12.2. The maximum atomic E-state index is 12.4. The second-order valence-electron chi connectivity index (χ2n) is 6.25. The van der Waals surface area contributed by atoms with Gasteiger partial charge in [-0.05, 0) is 61.6 Å². The van der Waals surface area contributed by atoms with E-state index < -0.39 is 12.1 Å². The maximum absolute atomic E-state index is 12.4. The topological polar surface area (TPSA) is 75.6 Å². The smallest absolute Gasteiger partial charge is 0.338 e. The molecule has 0 radical (unpaired) electrons. The normalized spacial score (nSPS) is 17.2. The second kappa shape index (κ2) is 7.38. The highest BCUT2D eigenvalue weighted by Gasteiger charge is 2.25. The summed E-state index contributed by atoms with van der Waals surface area (Å²) in [6.07, 6.45) is 2.02. The Morgan fingerprint density at radius 1 is 1.16 bits per heavy atom. The maximum Gasteiger partial charge on any atom is 0.338 e. The van der Waals surface area contributed by atoms with Gasteiger partial charge in [0.25, 0.3) is 5.91 Å². The first-order valence-corrected chi connectivity index (χ1v) is 8.43. The van der Waals surface area contributed by atoms with Crippen molar-refractivity contribution >= 4 is 11.9 Å². The fourth-order valence-electron chi connectivity index (χ4n) is 3.07. The molecule has 25 heavy (non-hydrogen) atoms. The van der Waals surface area contributed by atoms with Crippen molar-refractivity contribution in [2.75, 3.05) is 0 Å². The third-order valence-electron chi connectivity index (χ3n) is 4.44. The molecule has 2 atom stereocenters. The number of nitrogens with one attached hydrogen (secondary N) is 1. The Labute approximate surface area is 146 Å². The number of aryl methyl sites for hydroxylation is 1. The zero-order chi connectivity index (χ0) is 17.8. The van der Waals surface area contributed by atoms with Gasteiger partial charge < -0.3 is 15.2 Å². The number of aromatic hydroxyl groups is 1. The molecule has 3 rings (SSSR count). The van der Waals surface area contributed by atoms with Crippen molar-refractivity contribution in [1.29, 1.82) is 0 Å². The molecule has 2 N–H and O–H groups in total. The summed E-state index contributed by atoms with van der Waals surface area (Å²) in [5.41, 5.74) is 2.69. The van der Waals surface area contributed by atoms with Gasteiger partial charge in [-0.1, -0.05) is 24.3 Å². The fourth-order valence-corrected chi connectivity index (χ4v) is 3.07. The van der Waals surface area contributed by atoms with Crippen LogP contribution < -0.4 is 5.32 Å². The van der Waals surface area contributed by atoms with E-state index in [1.165, 1.54) is 29.8 Å². The molecule has 5 heteroatoms. The summed E-state index contributed by atoms with van der Waals surface area (Å²) < 4.78 is 5.23. The van der Waals surface area contributed by atoms with E-state index in [1.54, 1.807) is 6.92 Å². The molecule has 0 aliphatic heterocycles. The van der Waals surface area contributed by atoms with Crippen molar-refractivity contribution in [2.45, 2.75) is 38.3 Å². The highest BCUT2D eigenvalue weighted by atomic mass is 16.5. The summed E-state index contributed by atoms with van der Waals surface area (Å²) in [6, 6.07) is 13.8. The lowest BCUT2D eigenvalue weighted by atomic mass is 9.87.